The van der Waals surface area contributed by atoms with Gasteiger partial charge in [0.15, 0.2) is 0 Å². The van der Waals surface area contributed by atoms with Gasteiger partial charge in [-0.2, -0.15) is 8.78 Å². The number of aryl methyl sites for hydroxylation is 1. The molecule has 9 nitrogen and oxygen atoms in total. The minimum Gasteiger partial charge on any atom is -0.507 e. The van der Waals surface area contributed by atoms with Crippen molar-refractivity contribution >= 4 is 19.5 Å². The van der Waals surface area contributed by atoms with Crippen molar-refractivity contribution < 1.29 is 47.3 Å². The number of nitrogens with one attached hydrogen (secondary N) is 1. The Morgan fingerprint density at radius 1 is 1.09 bits per heavy atom. The van der Waals surface area contributed by atoms with Gasteiger partial charge >= 0.3 is 19.2 Å². The molecule has 0 bridgehead atoms. The Morgan fingerprint density at radius 3 is 2.47 bits per heavy atom. The molecular weight excluding hydrogens is 475 g/mol. The molecule has 0 unspecified atom stereocenters. The van der Waals surface area contributed by atoms with E-state index in [-0.39, 0.29) is 48.6 Å². The Balaban J connectivity index is 1.78. The van der Waals surface area contributed by atoms with E-state index >= 15 is 0 Å². The summed E-state index contributed by atoms with van der Waals surface area (Å²) < 4.78 is 49.5. The number of phenols is 1. The van der Waals surface area contributed by atoms with Crippen LogP contribution in [0.4, 0.5) is 8.78 Å². The number of halogens is 2. The van der Waals surface area contributed by atoms with Crippen molar-refractivity contribution in [3.63, 3.8) is 0 Å². The summed E-state index contributed by atoms with van der Waals surface area (Å²) in [4.78, 5) is 41.8. The maximum Gasteiger partial charge on any atom is 0.399 e. The van der Waals surface area contributed by atoms with E-state index in [2.05, 4.69) is 10.1 Å². The van der Waals surface area contributed by atoms with Crippen LogP contribution < -0.4 is 10.1 Å². The van der Waals surface area contributed by atoms with Gasteiger partial charge < -0.3 is 29.7 Å². The smallest absolute Gasteiger partial charge is 0.399 e. The zero-order valence-corrected chi connectivity index (χ0v) is 19.3. The van der Waals surface area contributed by atoms with Crippen LogP contribution in [0.1, 0.15) is 40.7 Å². The summed E-state index contributed by atoms with van der Waals surface area (Å²) in [5.74, 6) is -1.24. The Bertz CT molecular complexity index is 1060. The molecule has 0 atom stereocenters. The van der Waals surface area contributed by atoms with Crippen LogP contribution in [0.3, 0.4) is 0 Å². The third kappa shape index (κ3) is 6.99. The first kappa shape index (κ1) is 27.2. The quantitative estimate of drug-likeness (QED) is 0.197. The van der Waals surface area contributed by atoms with E-state index in [1.54, 1.807) is 0 Å². The van der Waals surface area contributed by atoms with E-state index in [0.717, 1.165) is 6.07 Å². The summed E-state index contributed by atoms with van der Waals surface area (Å²) in [6, 6.07) is 9.30. The molecule has 0 radical (unpaired) electrons. The van der Waals surface area contributed by atoms with Gasteiger partial charge in [-0.1, -0.05) is 30.3 Å². The summed E-state index contributed by atoms with van der Waals surface area (Å²) in [7, 11) is -4.53. The Kier molecular flexibility index (Phi) is 9.55. The van der Waals surface area contributed by atoms with Crippen LogP contribution in [-0.2, 0) is 26.2 Å². The number of alkyl halides is 2. The fraction of sp³-hybridized carbons (Fsp3) is 0.364. The lowest BCUT2D eigenvalue weighted by Crippen LogP contribution is -2.25. The summed E-state index contributed by atoms with van der Waals surface area (Å²) in [6.45, 7) is 0.487. The van der Waals surface area contributed by atoms with Gasteiger partial charge in [-0.3, -0.25) is 9.36 Å². The van der Waals surface area contributed by atoms with Gasteiger partial charge in [-0.05, 0) is 37.0 Å². The Hall–Kier alpha value is -3.01. The summed E-state index contributed by atoms with van der Waals surface area (Å²) >= 11 is 0. The molecule has 0 spiro atoms. The highest BCUT2D eigenvalue weighted by molar-refractivity contribution is 7.52. The minimum absolute atomic E-state index is 0.0214. The average molecular weight is 501 g/mol. The number of aromatic hydroxyl groups is 1. The van der Waals surface area contributed by atoms with Crippen molar-refractivity contribution in [2.75, 3.05) is 20.3 Å². The van der Waals surface area contributed by atoms with E-state index in [1.807, 2.05) is 0 Å². The monoisotopic (exact) mass is 501 g/mol. The number of methoxy groups -OCH3 is 1. The number of phenolic OH excluding ortho intramolecular Hbond substituents is 1. The van der Waals surface area contributed by atoms with Gasteiger partial charge in [0.25, 0.3) is 0 Å². The molecule has 0 aromatic heterocycles. The number of benzene rings is 2. The number of carbonyl (C=O) groups excluding carboxylic acids is 2. The predicted molar refractivity (Wildman–Crippen MR) is 118 cm³/mol. The first-order valence-electron chi connectivity index (χ1n) is 10.3. The molecule has 12 heteroatoms. The highest BCUT2D eigenvalue weighted by Gasteiger charge is 2.51. The van der Waals surface area contributed by atoms with Crippen molar-refractivity contribution in [1.82, 2.24) is 5.32 Å². The number of hydrogen-bond acceptors (Lipinski definition) is 6. The van der Waals surface area contributed by atoms with Crippen LogP contribution in [0.15, 0.2) is 42.5 Å². The topological polar surface area (TPSA) is 142 Å². The summed E-state index contributed by atoms with van der Waals surface area (Å²) in [5, 5.41) is 12.5. The van der Waals surface area contributed by atoms with E-state index in [0.29, 0.717) is 12.8 Å². The average Bonchev–Trinajstić information content (AvgIpc) is 2.79. The number of esters is 1. The molecular formula is C22H26F2NO8P. The SMILES string of the molecule is COC(=O)c1c(O)cccc1OCCCCNC(=O)CCc1ccccc1C(F)(F)P(=O)(O)O. The van der Waals surface area contributed by atoms with Crippen LogP contribution in [0.25, 0.3) is 0 Å². The zero-order chi connectivity index (χ0) is 25.4. The molecule has 1 amide bonds. The molecule has 4 N–H and O–H groups in total. The Morgan fingerprint density at radius 2 is 1.79 bits per heavy atom. The van der Waals surface area contributed by atoms with Crippen molar-refractivity contribution in [3.8, 4) is 11.5 Å². The second-order valence-electron chi connectivity index (χ2n) is 7.29. The molecule has 0 aliphatic heterocycles. The van der Waals surface area contributed by atoms with Gasteiger partial charge in [0.05, 0.1) is 13.7 Å². The van der Waals surface area contributed by atoms with Crippen molar-refractivity contribution in [2.24, 2.45) is 0 Å². The molecule has 2 aromatic rings. The van der Waals surface area contributed by atoms with Gasteiger partial charge in [0.2, 0.25) is 5.91 Å². The van der Waals surface area contributed by atoms with Crippen LogP contribution in [0, 0.1) is 0 Å². The zero-order valence-electron chi connectivity index (χ0n) is 18.4. The lowest BCUT2D eigenvalue weighted by Gasteiger charge is -2.20. The van der Waals surface area contributed by atoms with Crippen LogP contribution in [0.2, 0.25) is 0 Å². The number of amides is 1. The van der Waals surface area contributed by atoms with Gasteiger partial charge in [0.1, 0.15) is 17.1 Å². The van der Waals surface area contributed by atoms with Gasteiger partial charge in [-0.15, -0.1) is 0 Å². The molecule has 0 aliphatic rings. The lowest BCUT2D eigenvalue weighted by molar-refractivity contribution is -0.121. The number of ether oxygens (including phenoxy) is 2. The van der Waals surface area contributed by atoms with Crippen molar-refractivity contribution in [3.05, 3.63) is 59.2 Å². The molecule has 0 saturated carbocycles. The number of carbonyl (C=O) groups is 2. The predicted octanol–water partition coefficient (Wildman–Crippen LogP) is 3.31. The molecule has 2 rings (SSSR count). The number of unbranched alkanes of at least 4 members (excludes halogenated alkanes) is 1. The molecule has 186 valence electrons. The van der Waals surface area contributed by atoms with Crippen LogP contribution in [-0.4, -0.2) is 47.0 Å². The maximum atomic E-state index is 14.1. The first-order valence-corrected chi connectivity index (χ1v) is 11.9. The van der Waals surface area contributed by atoms with E-state index in [1.165, 1.54) is 43.5 Å². The number of rotatable bonds is 12. The fourth-order valence-corrected chi connectivity index (χ4v) is 3.64. The maximum absolute atomic E-state index is 14.1. The number of hydrogen-bond donors (Lipinski definition) is 4. The van der Waals surface area contributed by atoms with E-state index < -0.39 is 30.7 Å². The van der Waals surface area contributed by atoms with Crippen molar-refractivity contribution in [2.45, 2.75) is 31.3 Å². The highest BCUT2D eigenvalue weighted by Crippen LogP contribution is 2.59. The summed E-state index contributed by atoms with van der Waals surface area (Å²) in [6.07, 6.45) is 0.768. The standard InChI is InChI=1S/C22H26F2NO8P/c1-32-21(28)20-17(26)9-6-10-18(20)33-14-5-4-13-25-19(27)12-11-15-7-2-3-8-16(15)22(23,24)34(29,30)31/h2-3,6-10,26H,4-5,11-14H2,1H3,(H,25,27)(H2,29,30,31). The normalized spacial score (nSPS) is 11.7. The van der Waals surface area contributed by atoms with E-state index in [4.69, 9.17) is 14.5 Å². The first-order chi connectivity index (χ1) is 16.0. The second kappa shape index (κ2) is 11.9. The van der Waals surface area contributed by atoms with Crippen molar-refractivity contribution in [1.29, 1.82) is 0 Å². The van der Waals surface area contributed by atoms with E-state index in [9.17, 15) is 28.0 Å². The van der Waals surface area contributed by atoms with Crippen LogP contribution in [0.5, 0.6) is 11.5 Å². The third-order valence-electron chi connectivity index (χ3n) is 4.87. The van der Waals surface area contributed by atoms with Gasteiger partial charge in [-0.25, -0.2) is 4.79 Å². The molecule has 2 aromatic carbocycles. The minimum atomic E-state index is -5.71. The molecule has 0 saturated heterocycles. The molecule has 34 heavy (non-hydrogen) atoms. The second-order valence-corrected chi connectivity index (χ2v) is 8.94. The third-order valence-corrected chi connectivity index (χ3v) is 5.85. The highest BCUT2D eigenvalue weighted by atomic mass is 31.2. The van der Waals surface area contributed by atoms with Gasteiger partial charge in [0, 0.05) is 18.5 Å². The Labute approximate surface area is 194 Å². The fourth-order valence-electron chi connectivity index (χ4n) is 3.11. The molecule has 0 aliphatic carbocycles. The molecule has 0 heterocycles. The lowest BCUT2D eigenvalue weighted by atomic mass is 10.0. The largest absolute Gasteiger partial charge is 0.507 e. The van der Waals surface area contributed by atoms with Crippen LogP contribution >= 0.6 is 7.60 Å². The molecule has 0 fully saturated rings. The summed E-state index contributed by atoms with van der Waals surface area (Å²) in [5.41, 5.74) is -5.25.